The van der Waals surface area contributed by atoms with Crippen LogP contribution in [0.1, 0.15) is 55.2 Å². The Bertz CT molecular complexity index is 450. The number of benzene rings is 1. The van der Waals surface area contributed by atoms with Crippen LogP contribution in [-0.4, -0.2) is 7.11 Å². The van der Waals surface area contributed by atoms with Crippen LogP contribution in [0.15, 0.2) is 12.1 Å². The predicted molar refractivity (Wildman–Crippen MR) is 69.4 cm³/mol. The van der Waals surface area contributed by atoms with Gasteiger partial charge in [-0.1, -0.05) is 0 Å². The molecule has 2 N–H and O–H groups in total. The lowest BCUT2D eigenvalue weighted by atomic mass is 9.67. The number of aryl methyl sites for hydroxylation is 1. The SMILES string of the molecule is COc1cc2c3c(c1)[C@@](C)(N)CC[C@@H]3CCC2. The van der Waals surface area contributed by atoms with Gasteiger partial charge in [0, 0.05) is 5.54 Å². The molecule has 2 atom stereocenters. The maximum atomic E-state index is 6.47. The summed E-state index contributed by atoms with van der Waals surface area (Å²) in [7, 11) is 1.74. The van der Waals surface area contributed by atoms with E-state index in [1.807, 2.05) is 0 Å². The summed E-state index contributed by atoms with van der Waals surface area (Å²) in [5, 5.41) is 0. The number of ether oxygens (including phenoxy) is 1. The summed E-state index contributed by atoms with van der Waals surface area (Å²) in [6, 6.07) is 4.38. The minimum Gasteiger partial charge on any atom is -0.497 e. The Morgan fingerprint density at radius 1 is 1.35 bits per heavy atom. The molecule has 0 radical (unpaired) electrons. The summed E-state index contributed by atoms with van der Waals surface area (Å²) in [5.74, 6) is 1.72. The fourth-order valence-electron chi connectivity index (χ4n) is 3.54. The zero-order valence-corrected chi connectivity index (χ0v) is 10.8. The molecule has 2 heteroatoms. The van der Waals surface area contributed by atoms with Crippen LogP contribution in [0.5, 0.6) is 5.75 Å². The van der Waals surface area contributed by atoms with Crippen LogP contribution in [0.2, 0.25) is 0 Å². The molecule has 0 bridgehead atoms. The van der Waals surface area contributed by atoms with E-state index in [1.165, 1.54) is 36.8 Å². The second kappa shape index (κ2) is 3.74. The van der Waals surface area contributed by atoms with Crippen molar-refractivity contribution in [1.82, 2.24) is 0 Å². The topological polar surface area (TPSA) is 35.2 Å². The Kier molecular flexibility index (Phi) is 2.44. The lowest BCUT2D eigenvalue weighted by molar-refractivity contribution is 0.345. The summed E-state index contributed by atoms with van der Waals surface area (Å²) in [6.45, 7) is 2.16. The minimum atomic E-state index is -0.174. The van der Waals surface area contributed by atoms with Crippen molar-refractivity contribution in [2.24, 2.45) is 5.73 Å². The largest absolute Gasteiger partial charge is 0.497 e. The predicted octanol–water partition coefficient (Wildman–Crippen LogP) is 3.08. The van der Waals surface area contributed by atoms with Gasteiger partial charge in [-0.25, -0.2) is 0 Å². The van der Waals surface area contributed by atoms with E-state index in [0.717, 1.165) is 18.1 Å². The smallest absolute Gasteiger partial charge is 0.119 e. The van der Waals surface area contributed by atoms with Crippen molar-refractivity contribution < 1.29 is 4.74 Å². The quantitative estimate of drug-likeness (QED) is 0.806. The lowest BCUT2D eigenvalue weighted by Gasteiger charge is -2.40. The molecule has 0 aromatic heterocycles. The molecule has 2 aliphatic rings. The van der Waals surface area contributed by atoms with Gasteiger partial charge in [-0.15, -0.1) is 0 Å². The molecule has 0 aliphatic heterocycles. The molecule has 0 saturated heterocycles. The highest BCUT2D eigenvalue weighted by atomic mass is 16.5. The highest BCUT2D eigenvalue weighted by molar-refractivity contribution is 5.49. The van der Waals surface area contributed by atoms with Crippen LogP contribution in [-0.2, 0) is 12.0 Å². The number of rotatable bonds is 1. The van der Waals surface area contributed by atoms with Gasteiger partial charge in [-0.2, -0.15) is 0 Å². The molecule has 0 saturated carbocycles. The highest BCUT2D eigenvalue weighted by Crippen LogP contribution is 2.47. The van der Waals surface area contributed by atoms with Gasteiger partial charge in [-0.05, 0) is 73.8 Å². The summed E-state index contributed by atoms with van der Waals surface area (Å²) in [4.78, 5) is 0. The van der Waals surface area contributed by atoms with E-state index >= 15 is 0 Å². The zero-order chi connectivity index (χ0) is 12.0. The molecule has 2 aliphatic carbocycles. The summed E-state index contributed by atoms with van der Waals surface area (Å²) < 4.78 is 5.42. The van der Waals surface area contributed by atoms with E-state index in [1.54, 1.807) is 12.7 Å². The monoisotopic (exact) mass is 231 g/mol. The van der Waals surface area contributed by atoms with Crippen molar-refractivity contribution in [3.8, 4) is 5.75 Å². The standard InChI is InChI=1S/C15H21NO/c1-15(16)7-6-10-4-3-5-11-8-12(17-2)9-13(15)14(10)11/h8-10H,3-7,16H2,1-2H3/t10-,15-/m0/s1. The number of hydrogen-bond donors (Lipinski definition) is 1. The van der Waals surface area contributed by atoms with E-state index in [2.05, 4.69) is 19.1 Å². The normalized spacial score (nSPS) is 30.9. The third-order valence-electron chi connectivity index (χ3n) is 4.51. The molecule has 3 rings (SSSR count). The zero-order valence-electron chi connectivity index (χ0n) is 10.8. The Labute approximate surface area is 103 Å². The average Bonchev–Trinajstić information content (AvgIpc) is 2.33. The maximum Gasteiger partial charge on any atom is 0.119 e. The van der Waals surface area contributed by atoms with Crippen LogP contribution < -0.4 is 10.5 Å². The first kappa shape index (κ1) is 11.1. The van der Waals surface area contributed by atoms with Gasteiger partial charge in [0.2, 0.25) is 0 Å². The van der Waals surface area contributed by atoms with Gasteiger partial charge in [-0.3, -0.25) is 0 Å². The Hall–Kier alpha value is -1.02. The van der Waals surface area contributed by atoms with Crippen LogP contribution in [0.25, 0.3) is 0 Å². The van der Waals surface area contributed by atoms with Crippen molar-refractivity contribution in [1.29, 1.82) is 0 Å². The molecule has 1 aromatic rings. The van der Waals surface area contributed by atoms with E-state index in [9.17, 15) is 0 Å². The molecule has 0 amide bonds. The maximum absolute atomic E-state index is 6.47. The fraction of sp³-hybridized carbons (Fsp3) is 0.600. The van der Waals surface area contributed by atoms with Gasteiger partial charge < -0.3 is 10.5 Å². The van der Waals surface area contributed by atoms with Gasteiger partial charge in [0.1, 0.15) is 5.75 Å². The van der Waals surface area contributed by atoms with Crippen molar-refractivity contribution in [2.45, 2.75) is 50.5 Å². The fourth-order valence-corrected chi connectivity index (χ4v) is 3.54. The molecule has 0 heterocycles. The molecule has 0 fully saturated rings. The Morgan fingerprint density at radius 2 is 2.18 bits per heavy atom. The summed E-state index contributed by atoms with van der Waals surface area (Å²) in [6.07, 6.45) is 6.18. The van der Waals surface area contributed by atoms with E-state index in [4.69, 9.17) is 10.5 Å². The van der Waals surface area contributed by atoms with Gasteiger partial charge in [0.25, 0.3) is 0 Å². The molecule has 0 spiro atoms. The Morgan fingerprint density at radius 3 is 2.94 bits per heavy atom. The van der Waals surface area contributed by atoms with Crippen molar-refractivity contribution in [2.75, 3.05) is 7.11 Å². The summed E-state index contributed by atoms with van der Waals surface area (Å²) >= 11 is 0. The second-order valence-corrected chi connectivity index (χ2v) is 5.79. The van der Waals surface area contributed by atoms with E-state index in [-0.39, 0.29) is 5.54 Å². The first-order valence-electron chi connectivity index (χ1n) is 6.62. The number of methoxy groups -OCH3 is 1. The van der Waals surface area contributed by atoms with Gasteiger partial charge >= 0.3 is 0 Å². The first-order valence-corrected chi connectivity index (χ1v) is 6.62. The van der Waals surface area contributed by atoms with Crippen molar-refractivity contribution in [3.05, 3.63) is 28.8 Å². The second-order valence-electron chi connectivity index (χ2n) is 5.79. The lowest BCUT2D eigenvalue weighted by Crippen LogP contribution is -2.39. The molecule has 92 valence electrons. The molecule has 0 unspecified atom stereocenters. The molecule has 2 nitrogen and oxygen atoms in total. The highest BCUT2D eigenvalue weighted by Gasteiger charge is 2.36. The molecular formula is C15H21NO. The minimum absolute atomic E-state index is 0.174. The number of nitrogens with two attached hydrogens (primary N) is 1. The first-order chi connectivity index (χ1) is 8.12. The average molecular weight is 231 g/mol. The number of hydrogen-bond acceptors (Lipinski definition) is 2. The van der Waals surface area contributed by atoms with Crippen molar-refractivity contribution in [3.63, 3.8) is 0 Å². The van der Waals surface area contributed by atoms with Crippen LogP contribution in [0.3, 0.4) is 0 Å². The third-order valence-corrected chi connectivity index (χ3v) is 4.51. The van der Waals surface area contributed by atoms with Gasteiger partial charge in [0.05, 0.1) is 7.11 Å². The molecular weight excluding hydrogens is 210 g/mol. The molecule has 1 aromatic carbocycles. The van der Waals surface area contributed by atoms with Crippen molar-refractivity contribution >= 4 is 0 Å². The van der Waals surface area contributed by atoms with Crippen LogP contribution in [0.4, 0.5) is 0 Å². The van der Waals surface area contributed by atoms with Crippen LogP contribution >= 0.6 is 0 Å². The Balaban J connectivity index is 2.22. The third kappa shape index (κ3) is 1.66. The van der Waals surface area contributed by atoms with Gasteiger partial charge in [0.15, 0.2) is 0 Å². The van der Waals surface area contributed by atoms with E-state index in [0.29, 0.717) is 0 Å². The summed E-state index contributed by atoms with van der Waals surface area (Å²) in [5.41, 5.74) is 10.7. The van der Waals surface area contributed by atoms with E-state index < -0.39 is 0 Å². The molecule has 17 heavy (non-hydrogen) atoms. The van der Waals surface area contributed by atoms with Crippen LogP contribution in [0, 0.1) is 0 Å².